The molecule has 0 radical (unpaired) electrons. The molecule has 1 fully saturated rings. The number of amides is 2. The van der Waals surface area contributed by atoms with Crippen LogP contribution in [0.5, 0.6) is 5.75 Å². The number of nitrogens with zero attached hydrogens (tertiary/aromatic N) is 1. The molecule has 1 aliphatic heterocycles. The average molecular weight is 341 g/mol. The van der Waals surface area contributed by atoms with Crippen molar-refractivity contribution >= 4 is 23.6 Å². The molecule has 23 heavy (non-hydrogen) atoms. The molecule has 126 valence electrons. The molecule has 0 atom stereocenters. The molecule has 1 heterocycles. The van der Waals surface area contributed by atoms with Gasteiger partial charge in [0.15, 0.2) is 0 Å². The molecule has 6 nitrogen and oxygen atoms in total. The number of halogens is 1. The highest BCUT2D eigenvalue weighted by Crippen LogP contribution is 2.14. The first-order chi connectivity index (χ1) is 11.1. The zero-order chi connectivity index (χ0) is 16.7. The van der Waals surface area contributed by atoms with Crippen LogP contribution in [0.2, 0.25) is 0 Å². The number of carbonyl (C=O) groups is 2. The highest BCUT2D eigenvalue weighted by Gasteiger charge is 2.24. The van der Waals surface area contributed by atoms with Crippen LogP contribution in [0.4, 0.5) is 4.79 Å². The highest BCUT2D eigenvalue weighted by molar-refractivity contribution is 6.18. The summed E-state index contributed by atoms with van der Waals surface area (Å²) in [5.41, 5.74) is 0.592. The number of carbonyl (C=O) groups excluding carboxylic acids is 2. The van der Waals surface area contributed by atoms with Gasteiger partial charge in [-0.3, -0.25) is 4.79 Å². The van der Waals surface area contributed by atoms with Gasteiger partial charge in [0.2, 0.25) is 0 Å². The molecule has 1 aliphatic rings. The summed E-state index contributed by atoms with van der Waals surface area (Å²) in [6.45, 7) is 1.35. The summed E-state index contributed by atoms with van der Waals surface area (Å²) in [6, 6.07) is 7.02. The van der Waals surface area contributed by atoms with Crippen molar-refractivity contribution < 1.29 is 19.1 Å². The number of methoxy groups -OCH3 is 1. The second-order valence-electron chi connectivity index (χ2n) is 5.27. The maximum absolute atomic E-state index is 12.2. The molecule has 0 aromatic heterocycles. The minimum absolute atomic E-state index is 0.0571. The molecule has 0 unspecified atom stereocenters. The fraction of sp³-hybridized carbons (Fsp3) is 0.500. The number of likely N-dealkylation sites (tertiary alicyclic amines) is 1. The van der Waals surface area contributed by atoms with Crippen molar-refractivity contribution in [2.45, 2.75) is 18.9 Å². The van der Waals surface area contributed by atoms with Crippen LogP contribution in [-0.4, -0.2) is 55.6 Å². The lowest BCUT2D eigenvalue weighted by atomic mass is 10.0. The quantitative estimate of drug-likeness (QED) is 0.835. The molecular formula is C16H21ClN2O4. The zero-order valence-corrected chi connectivity index (χ0v) is 13.8. The molecule has 0 bridgehead atoms. The number of ether oxygens (including phenoxy) is 2. The lowest BCUT2D eigenvalue weighted by Gasteiger charge is -2.31. The number of hydrogen-bond acceptors (Lipinski definition) is 4. The third-order valence-electron chi connectivity index (χ3n) is 3.74. The van der Waals surface area contributed by atoms with Crippen LogP contribution in [0, 0.1) is 0 Å². The Morgan fingerprint density at radius 1 is 1.26 bits per heavy atom. The summed E-state index contributed by atoms with van der Waals surface area (Å²) < 4.78 is 10.1. The summed E-state index contributed by atoms with van der Waals surface area (Å²) in [7, 11) is 1.58. The summed E-state index contributed by atoms with van der Waals surface area (Å²) >= 11 is 5.49. The molecular weight excluding hydrogens is 320 g/mol. The van der Waals surface area contributed by atoms with Gasteiger partial charge in [0, 0.05) is 24.7 Å². The topological polar surface area (TPSA) is 67.9 Å². The summed E-state index contributed by atoms with van der Waals surface area (Å²) in [4.78, 5) is 25.6. The number of rotatable bonds is 5. The van der Waals surface area contributed by atoms with E-state index in [0.29, 0.717) is 43.1 Å². The predicted octanol–water partition coefficient (Wildman–Crippen LogP) is 2.26. The third-order valence-corrected chi connectivity index (χ3v) is 3.90. The van der Waals surface area contributed by atoms with Crippen LogP contribution in [0.1, 0.15) is 23.2 Å². The van der Waals surface area contributed by atoms with E-state index >= 15 is 0 Å². The van der Waals surface area contributed by atoms with Gasteiger partial charge in [0.25, 0.3) is 5.91 Å². The maximum Gasteiger partial charge on any atom is 0.409 e. The summed E-state index contributed by atoms with van der Waals surface area (Å²) in [6.07, 6.45) is 1.07. The minimum atomic E-state index is -0.342. The van der Waals surface area contributed by atoms with E-state index in [9.17, 15) is 9.59 Å². The maximum atomic E-state index is 12.2. The van der Waals surface area contributed by atoms with Crippen LogP contribution in [0.15, 0.2) is 24.3 Å². The van der Waals surface area contributed by atoms with E-state index in [0.717, 1.165) is 0 Å². The van der Waals surface area contributed by atoms with Crippen LogP contribution in [0.3, 0.4) is 0 Å². The molecule has 0 aliphatic carbocycles. The zero-order valence-electron chi connectivity index (χ0n) is 13.1. The number of piperidine rings is 1. The van der Waals surface area contributed by atoms with E-state index in [2.05, 4.69) is 5.32 Å². The Morgan fingerprint density at radius 2 is 1.91 bits per heavy atom. The van der Waals surface area contributed by atoms with E-state index in [-0.39, 0.29) is 24.6 Å². The molecule has 7 heteroatoms. The number of nitrogens with one attached hydrogen (secondary N) is 1. The second-order valence-corrected chi connectivity index (χ2v) is 5.64. The summed E-state index contributed by atoms with van der Waals surface area (Å²) in [5, 5.41) is 3.00. The van der Waals surface area contributed by atoms with Gasteiger partial charge in [-0.25, -0.2) is 4.79 Å². The van der Waals surface area contributed by atoms with Gasteiger partial charge in [0.05, 0.1) is 13.0 Å². The number of benzene rings is 1. The fourth-order valence-corrected chi connectivity index (χ4v) is 2.51. The molecule has 1 aromatic carbocycles. The van der Waals surface area contributed by atoms with Gasteiger partial charge < -0.3 is 19.7 Å². The van der Waals surface area contributed by atoms with Crippen molar-refractivity contribution in [2.24, 2.45) is 0 Å². The fourth-order valence-electron chi connectivity index (χ4n) is 2.43. The Bertz CT molecular complexity index is 527. The van der Waals surface area contributed by atoms with Gasteiger partial charge in [0.1, 0.15) is 12.4 Å². The summed E-state index contributed by atoms with van der Waals surface area (Å²) in [5.74, 6) is 0.890. The van der Waals surface area contributed by atoms with E-state index < -0.39 is 0 Å². The average Bonchev–Trinajstić information content (AvgIpc) is 2.60. The van der Waals surface area contributed by atoms with E-state index in [1.807, 2.05) is 0 Å². The second kappa shape index (κ2) is 8.62. The SMILES string of the molecule is COc1ccc(C(=O)NC2CCN(C(=O)OCCCl)CC2)cc1. The molecule has 1 N–H and O–H groups in total. The molecule has 1 aromatic rings. The van der Waals surface area contributed by atoms with Crippen molar-refractivity contribution in [2.75, 3.05) is 32.7 Å². The van der Waals surface area contributed by atoms with Crippen molar-refractivity contribution in [1.29, 1.82) is 0 Å². The number of alkyl halides is 1. The lowest BCUT2D eigenvalue weighted by Crippen LogP contribution is -2.46. The number of hydrogen-bond donors (Lipinski definition) is 1. The molecule has 0 spiro atoms. The Balaban J connectivity index is 1.79. The van der Waals surface area contributed by atoms with E-state index in [1.165, 1.54) is 0 Å². The van der Waals surface area contributed by atoms with Gasteiger partial charge in [-0.15, -0.1) is 11.6 Å². The first-order valence-electron chi connectivity index (χ1n) is 7.56. The molecule has 2 amide bonds. The Labute approximate surface area is 140 Å². The van der Waals surface area contributed by atoms with Gasteiger partial charge in [-0.2, -0.15) is 0 Å². The molecule has 1 saturated heterocycles. The van der Waals surface area contributed by atoms with Crippen LogP contribution < -0.4 is 10.1 Å². The van der Waals surface area contributed by atoms with Crippen molar-refractivity contribution in [1.82, 2.24) is 10.2 Å². The van der Waals surface area contributed by atoms with Crippen LogP contribution in [0.25, 0.3) is 0 Å². The Kier molecular flexibility index (Phi) is 6.52. The standard InChI is InChI=1S/C16H21ClN2O4/c1-22-14-4-2-12(3-5-14)15(20)18-13-6-9-19(10-7-13)16(21)23-11-8-17/h2-5,13H,6-11H2,1H3,(H,18,20). The Hall–Kier alpha value is -1.95. The van der Waals surface area contributed by atoms with Crippen molar-refractivity contribution in [3.8, 4) is 5.75 Å². The molecule has 0 saturated carbocycles. The molecule has 2 rings (SSSR count). The van der Waals surface area contributed by atoms with Gasteiger partial charge in [-0.05, 0) is 37.1 Å². The van der Waals surface area contributed by atoms with Crippen molar-refractivity contribution in [3.05, 3.63) is 29.8 Å². The first kappa shape index (κ1) is 17.4. The predicted molar refractivity (Wildman–Crippen MR) is 87.1 cm³/mol. The Morgan fingerprint density at radius 3 is 2.48 bits per heavy atom. The normalized spacial score (nSPS) is 15.1. The van der Waals surface area contributed by atoms with E-state index in [1.54, 1.807) is 36.3 Å². The smallest absolute Gasteiger partial charge is 0.409 e. The van der Waals surface area contributed by atoms with Crippen molar-refractivity contribution in [3.63, 3.8) is 0 Å². The third kappa shape index (κ3) is 5.03. The minimum Gasteiger partial charge on any atom is -0.497 e. The monoisotopic (exact) mass is 340 g/mol. The van der Waals surface area contributed by atoms with E-state index in [4.69, 9.17) is 21.1 Å². The lowest BCUT2D eigenvalue weighted by molar-refractivity contribution is 0.0862. The van der Waals surface area contributed by atoms with Gasteiger partial charge >= 0.3 is 6.09 Å². The van der Waals surface area contributed by atoms with Crippen LogP contribution in [-0.2, 0) is 4.74 Å². The highest BCUT2D eigenvalue weighted by atomic mass is 35.5. The first-order valence-corrected chi connectivity index (χ1v) is 8.10. The van der Waals surface area contributed by atoms with Gasteiger partial charge in [-0.1, -0.05) is 0 Å². The largest absolute Gasteiger partial charge is 0.497 e. The van der Waals surface area contributed by atoms with Crippen LogP contribution >= 0.6 is 11.6 Å².